The van der Waals surface area contributed by atoms with Gasteiger partial charge in [0.15, 0.2) is 8.07 Å². The van der Waals surface area contributed by atoms with Crippen molar-refractivity contribution in [3.63, 3.8) is 0 Å². The van der Waals surface area contributed by atoms with Crippen molar-refractivity contribution >= 4 is 29.2 Å². The van der Waals surface area contributed by atoms with Crippen molar-refractivity contribution < 1.29 is 0 Å². The lowest BCUT2D eigenvalue weighted by molar-refractivity contribution is 1.66. The predicted octanol–water partition coefficient (Wildman–Crippen LogP) is 4.23. The Morgan fingerprint density at radius 2 is 1.27 bits per heavy atom. The summed E-state index contributed by atoms with van der Waals surface area (Å²) in [6.45, 7) is 6.26. The molecule has 3 aromatic carbocycles. The Labute approximate surface area is 156 Å². The summed E-state index contributed by atoms with van der Waals surface area (Å²) in [6, 6.07) is 30.9. The van der Waals surface area contributed by atoms with E-state index in [1.54, 1.807) is 0 Å². The zero-order valence-electron chi connectivity index (χ0n) is 15.0. The highest BCUT2D eigenvalue weighted by atomic mass is 28.3. The molecule has 0 unspecified atom stereocenters. The van der Waals surface area contributed by atoms with Crippen LogP contribution in [0.2, 0.25) is 0 Å². The summed E-state index contributed by atoms with van der Waals surface area (Å²) >= 11 is 0. The van der Waals surface area contributed by atoms with E-state index in [0.29, 0.717) is 0 Å². The van der Waals surface area contributed by atoms with Crippen molar-refractivity contribution in [3.8, 4) is 0 Å². The summed E-state index contributed by atoms with van der Waals surface area (Å²) < 4.78 is 0. The van der Waals surface area contributed by atoms with Crippen LogP contribution in [-0.4, -0.2) is 8.07 Å². The number of allylic oxidation sites excluding steroid dienone is 5. The molecule has 0 nitrogen and oxygen atoms in total. The van der Waals surface area contributed by atoms with Gasteiger partial charge < -0.3 is 0 Å². The van der Waals surface area contributed by atoms with Gasteiger partial charge in [-0.15, -0.1) is 0 Å². The third kappa shape index (κ3) is 2.28. The van der Waals surface area contributed by atoms with Gasteiger partial charge in [0, 0.05) is 0 Å². The molecule has 1 heterocycles. The summed E-state index contributed by atoms with van der Waals surface area (Å²) in [6.07, 6.45) is 6.51. The lowest BCUT2D eigenvalue weighted by Gasteiger charge is -2.32. The lowest BCUT2D eigenvalue weighted by atomic mass is 10.1. The minimum Gasteiger partial charge on any atom is -0.0985 e. The van der Waals surface area contributed by atoms with Crippen LogP contribution in [0, 0.1) is 0 Å². The van der Waals surface area contributed by atoms with Crippen LogP contribution < -0.4 is 15.6 Å². The van der Waals surface area contributed by atoms with Gasteiger partial charge in [0.25, 0.3) is 0 Å². The fourth-order valence-corrected chi connectivity index (χ4v) is 9.58. The van der Waals surface area contributed by atoms with Crippen LogP contribution in [0.5, 0.6) is 0 Å². The summed E-state index contributed by atoms with van der Waals surface area (Å²) in [5, 5.41) is 5.72. The van der Waals surface area contributed by atoms with E-state index in [1.807, 2.05) is 6.08 Å². The van der Waals surface area contributed by atoms with Crippen LogP contribution in [0.4, 0.5) is 0 Å². The molecule has 0 bridgehead atoms. The van der Waals surface area contributed by atoms with Gasteiger partial charge in [0.05, 0.1) is 0 Å². The van der Waals surface area contributed by atoms with Crippen LogP contribution in [0.1, 0.15) is 12.5 Å². The second-order valence-corrected chi connectivity index (χ2v) is 10.3. The van der Waals surface area contributed by atoms with Gasteiger partial charge in [-0.1, -0.05) is 110 Å². The minimum absolute atomic E-state index is 1.28. The monoisotopic (exact) mass is 350 g/mol. The number of hydrogen-bond donors (Lipinski definition) is 0. The molecule has 0 spiro atoms. The van der Waals surface area contributed by atoms with Crippen molar-refractivity contribution in [1.29, 1.82) is 0 Å². The van der Waals surface area contributed by atoms with Crippen LogP contribution in [-0.2, 0) is 0 Å². The molecule has 0 atom stereocenters. The molecule has 0 radical (unpaired) electrons. The van der Waals surface area contributed by atoms with Crippen LogP contribution in [0.25, 0.3) is 5.57 Å². The Morgan fingerprint density at radius 1 is 0.731 bits per heavy atom. The molecule has 0 saturated heterocycles. The third-order valence-corrected chi connectivity index (χ3v) is 10.2. The van der Waals surface area contributed by atoms with Crippen molar-refractivity contribution in [3.05, 3.63) is 120 Å². The second kappa shape index (κ2) is 6.78. The standard InChI is InChI=1S/C25H22Si/c1-3-13-24-22(4-2)23-18-11-12-19-25(23)26(24,20-14-7-5-8-15-20)21-16-9-6-10-17-21/h3-19H,2H2,1H3/b13-3-. The molecule has 4 rings (SSSR count). The Balaban J connectivity index is 2.20. The normalized spacial score (nSPS) is 15.3. The van der Waals surface area contributed by atoms with Crippen LogP contribution >= 0.6 is 0 Å². The molecule has 0 aromatic heterocycles. The molecule has 1 aliphatic rings. The van der Waals surface area contributed by atoms with E-state index in [4.69, 9.17) is 0 Å². The number of benzene rings is 3. The molecule has 3 aromatic rings. The molecule has 126 valence electrons. The van der Waals surface area contributed by atoms with Gasteiger partial charge in [0.1, 0.15) is 0 Å². The SMILES string of the molecule is C=CC1=C(/C=C\C)[Si](c2ccccc2)(c2ccccc2)c2ccccc21. The average molecular weight is 351 g/mol. The average Bonchev–Trinajstić information content (AvgIpc) is 3.00. The number of fused-ring (bicyclic) bond motifs is 1. The Kier molecular flexibility index (Phi) is 4.32. The maximum absolute atomic E-state index is 4.16. The lowest BCUT2D eigenvalue weighted by Crippen LogP contribution is -2.67. The van der Waals surface area contributed by atoms with Gasteiger partial charge in [0.2, 0.25) is 0 Å². The summed E-state index contributed by atoms with van der Waals surface area (Å²) in [7, 11) is -2.32. The maximum atomic E-state index is 4.16. The van der Waals surface area contributed by atoms with E-state index in [0.717, 1.165) is 0 Å². The number of hydrogen-bond acceptors (Lipinski definition) is 0. The first kappa shape index (κ1) is 16.6. The highest BCUT2D eigenvalue weighted by molar-refractivity contribution is 7.18. The fraction of sp³-hybridized carbons (Fsp3) is 0.0400. The molecule has 0 aliphatic carbocycles. The Morgan fingerprint density at radius 3 is 1.81 bits per heavy atom. The first-order chi connectivity index (χ1) is 12.8. The van der Waals surface area contributed by atoms with E-state index in [2.05, 4.69) is 111 Å². The molecule has 0 fully saturated rings. The van der Waals surface area contributed by atoms with Crippen molar-refractivity contribution in [2.75, 3.05) is 0 Å². The molecular formula is C25H22Si. The van der Waals surface area contributed by atoms with E-state index in [-0.39, 0.29) is 0 Å². The zero-order valence-corrected chi connectivity index (χ0v) is 16.0. The summed E-state index contributed by atoms with van der Waals surface area (Å²) in [4.78, 5) is 0. The van der Waals surface area contributed by atoms with Gasteiger partial charge >= 0.3 is 0 Å². The van der Waals surface area contributed by atoms with Crippen molar-refractivity contribution in [1.82, 2.24) is 0 Å². The molecule has 0 saturated carbocycles. The van der Waals surface area contributed by atoms with E-state index in [9.17, 15) is 0 Å². The fourth-order valence-electron chi connectivity index (χ4n) is 4.30. The largest absolute Gasteiger partial charge is 0.180 e. The Hall–Kier alpha value is -2.90. The topological polar surface area (TPSA) is 0 Å². The second-order valence-electron chi connectivity index (χ2n) is 6.56. The zero-order chi connectivity index (χ0) is 18.0. The Bertz CT molecular complexity index is 955. The molecule has 26 heavy (non-hydrogen) atoms. The quantitative estimate of drug-likeness (QED) is 0.618. The highest BCUT2D eigenvalue weighted by Crippen LogP contribution is 2.35. The molecular weight excluding hydrogens is 328 g/mol. The van der Waals surface area contributed by atoms with Crippen LogP contribution in [0.15, 0.2) is 115 Å². The van der Waals surface area contributed by atoms with Gasteiger partial charge in [-0.25, -0.2) is 0 Å². The highest BCUT2D eigenvalue weighted by Gasteiger charge is 2.48. The van der Waals surface area contributed by atoms with Crippen molar-refractivity contribution in [2.24, 2.45) is 0 Å². The first-order valence-electron chi connectivity index (χ1n) is 9.04. The third-order valence-electron chi connectivity index (χ3n) is 5.27. The maximum Gasteiger partial charge on any atom is 0.180 e. The van der Waals surface area contributed by atoms with Crippen molar-refractivity contribution in [2.45, 2.75) is 6.92 Å². The predicted molar refractivity (Wildman–Crippen MR) is 116 cm³/mol. The van der Waals surface area contributed by atoms with Gasteiger partial charge in [-0.3, -0.25) is 0 Å². The first-order valence-corrected chi connectivity index (χ1v) is 11.0. The molecule has 1 heteroatoms. The van der Waals surface area contributed by atoms with E-state index < -0.39 is 8.07 Å². The van der Waals surface area contributed by atoms with E-state index >= 15 is 0 Å². The summed E-state index contributed by atoms with van der Waals surface area (Å²) in [5.41, 5.74) is 2.60. The smallest absolute Gasteiger partial charge is 0.0985 e. The number of rotatable bonds is 4. The van der Waals surface area contributed by atoms with Gasteiger partial charge in [-0.2, -0.15) is 0 Å². The summed E-state index contributed by atoms with van der Waals surface area (Å²) in [5.74, 6) is 0. The molecule has 1 aliphatic heterocycles. The van der Waals surface area contributed by atoms with Crippen LogP contribution in [0.3, 0.4) is 0 Å². The molecule has 0 N–H and O–H groups in total. The molecule has 0 amide bonds. The minimum atomic E-state index is -2.32. The van der Waals surface area contributed by atoms with E-state index in [1.165, 1.54) is 31.9 Å². The van der Waals surface area contributed by atoms with Gasteiger partial charge in [-0.05, 0) is 38.8 Å².